The van der Waals surface area contributed by atoms with Crippen molar-refractivity contribution in [1.82, 2.24) is 15.0 Å². The van der Waals surface area contributed by atoms with Crippen LogP contribution in [0.1, 0.15) is 43.8 Å². The average molecular weight is 498 g/mol. The van der Waals surface area contributed by atoms with Gasteiger partial charge in [-0.2, -0.15) is 0 Å². The van der Waals surface area contributed by atoms with Gasteiger partial charge >= 0.3 is 5.97 Å². The largest absolute Gasteiger partial charge is 0.465 e. The van der Waals surface area contributed by atoms with E-state index in [1.807, 2.05) is 36.4 Å². The van der Waals surface area contributed by atoms with Gasteiger partial charge in [0.05, 0.1) is 25.4 Å². The molecule has 4 rings (SSSR count). The molecule has 1 unspecified atom stereocenters. The fourth-order valence-corrected chi connectivity index (χ4v) is 4.11. The molecule has 1 saturated heterocycles. The normalized spacial score (nSPS) is 15.1. The molecule has 0 bridgehead atoms. The molecule has 3 aromatic rings. The van der Waals surface area contributed by atoms with Gasteiger partial charge in [-0.25, -0.2) is 4.79 Å². The maximum atomic E-state index is 12.7. The minimum Gasteiger partial charge on any atom is -0.465 e. The molecule has 0 radical (unpaired) electrons. The maximum Gasteiger partial charge on any atom is 0.337 e. The van der Waals surface area contributed by atoms with Gasteiger partial charge in [-0.05, 0) is 42.3 Å². The molecule has 2 heterocycles. The van der Waals surface area contributed by atoms with Crippen molar-refractivity contribution < 1.29 is 23.6 Å². The van der Waals surface area contributed by atoms with Crippen molar-refractivity contribution in [3.63, 3.8) is 0 Å². The van der Waals surface area contributed by atoms with E-state index in [0.29, 0.717) is 48.3 Å². The molecule has 184 valence electrons. The molecule has 8 nitrogen and oxygen atoms in total. The summed E-state index contributed by atoms with van der Waals surface area (Å²) in [4.78, 5) is 28.4. The number of nitrogens with zero attached hydrogens (tertiary/aromatic N) is 3. The predicted octanol–water partition coefficient (Wildman–Crippen LogP) is 4.14. The minimum absolute atomic E-state index is 0.109. The molecule has 1 atom stereocenters. The Morgan fingerprint density at radius 3 is 2.34 bits per heavy atom. The standard InChI is InChI=1S/C26H28ClN3O5/c1-18-15-23(28-35-18)25(31)30-13-11-29(12-14-30)16-24(20-7-9-22(27)10-8-20)34-17-19-3-5-21(6-4-19)26(32)33-2/h3-10,15,24H,11-14,16-17H2,1-2H3. The zero-order valence-electron chi connectivity index (χ0n) is 19.8. The summed E-state index contributed by atoms with van der Waals surface area (Å²) >= 11 is 6.09. The Hall–Kier alpha value is -3.20. The Balaban J connectivity index is 1.38. The minimum atomic E-state index is -0.368. The van der Waals surface area contributed by atoms with Gasteiger partial charge in [-0.1, -0.05) is 41.0 Å². The first-order chi connectivity index (χ1) is 16.9. The summed E-state index contributed by atoms with van der Waals surface area (Å²) in [6.45, 7) is 5.49. The lowest BCUT2D eigenvalue weighted by molar-refractivity contribution is 0.00331. The van der Waals surface area contributed by atoms with E-state index in [9.17, 15) is 9.59 Å². The molecule has 0 spiro atoms. The van der Waals surface area contributed by atoms with E-state index < -0.39 is 0 Å². The summed E-state index contributed by atoms with van der Waals surface area (Å²) < 4.78 is 16.1. The van der Waals surface area contributed by atoms with Crippen LogP contribution in [0.2, 0.25) is 5.02 Å². The highest BCUT2D eigenvalue weighted by Gasteiger charge is 2.26. The summed E-state index contributed by atoms with van der Waals surface area (Å²) in [5.41, 5.74) is 2.82. The van der Waals surface area contributed by atoms with Crippen LogP contribution in [0.25, 0.3) is 0 Å². The lowest BCUT2D eigenvalue weighted by Gasteiger charge is -2.36. The third-order valence-corrected chi connectivity index (χ3v) is 6.25. The van der Waals surface area contributed by atoms with Crippen LogP contribution in [0.3, 0.4) is 0 Å². The van der Waals surface area contributed by atoms with E-state index in [4.69, 9.17) is 25.6 Å². The Labute approximate surface area is 209 Å². The first kappa shape index (κ1) is 24.9. The molecule has 0 aliphatic carbocycles. The number of rotatable bonds is 8. The zero-order chi connectivity index (χ0) is 24.8. The molecule has 1 aliphatic heterocycles. The fourth-order valence-electron chi connectivity index (χ4n) is 3.98. The number of ether oxygens (including phenoxy) is 2. The van der Waals surface area contributed by atoms with Crippen molar-refractivity contribution in [2.45, 2.75) is 19.6 Å². The Bertz CT molecular complexity index is 1140. The van der Waals surface area contributed by atoms with E-state index in [1.54, 1.807) is 30.0 Å². The van der Waals surface area contributed by atoms with Crippen molar-refractivity contribution in [3.05, 3.63) is 87.8 Å². The topological polar surface area (TPSA) is 85.1 Å². The van der Waals surface area contributed by atoms with E-state index in [0.717, 1.165) is 24.2 Å². The number of aryl methyl sites for hydroxylation is 1. The third kappa shape index (κ3) is 6.48. The number of methoxy groups -OCH3 is 1. The number of carbonyl (C=O) groups excluding carboxylic acids is 2. The van der Waals surface area contributed by atoms with E-state index in [2.05, 4.69) is 10.1 Å². The number of hydrogen-bond donors (Lipinski definition) is 0. The SMILES string of the molecule is COC(=O)c1ccc(COC(CN2CCN(C(=O)c3cc(C)on3)CC2)c2ccc(Cl)cc2)cc1. The van der Waals surface area contributed by atoms with Crippen LogP contribution in [0.5, 0.6) is 0 Å². The number of halogens is 1. The monoisotopic (exact) mass is 497 g/mol. The Morgan fingerprint density at radius 2 is 1.74 bits per heavy atom. The van der Waals surface area contributed by atoms with Crippen LogP contribution in [0.15, 0.2) is 59.1 Å². The zero-order valence-corrected chi connectivity index (χ0v) is 20.5. The van der Waals surface area contributed by atoms with Crippen molar-refractivity contribution in [1.29, 1.82) is 0 Å². The smallest absolute Gasteiger partial charge is 0.337 e. The molecule has 1 amide bonds. The van der Waals surface area contributed by atoms with Crippen molar-refractivity contribution in [2.24, 2.45) is 0 Å². The molecular weight excluding hydrogens is 470 g/mol. The molecule has 35 heavy (non-hydrogen) atoms. The summed E-state index contributed by atoms with van der Waals surface area (Å²) in [5.74, 6) is 0.144. The van der Waals surface area contributed by atoms with Crippen molar-refractivity contribution >= 4 is 23.5 Å². The Kier molecular flexibility index (Phi) is 8.17. The van der Waals surface area contributed by atoms with Gasteiger partial charge in [0, 0.05) is 43.8 Å². The molecule has 9 heteroatoms. The van der Waals surface area contributed by atoms with Gasteiger partial charge in [0.15, 0.2) is 5.69 Å². The lowest BCUT2D eigenvalue weighted by Crippen LogP contribution is -2.49. The second-order valence-electron chi connectivity index (χ2n) is 8.46. The maximum absolute atomic E-state index is 12.7. The first-order valence-corrected chi connectivity index (χ1v) is 11.8. The second kappa shape index (κ2) is 11.5. The van der Waals surface area contributed by atoms with Crippen LogP contribution in [0.4, 0.5) is 0 Å². The van der Waals surface area contributed by atoms with Crippen LogP contribution in [-0.2, 0) is 16.1 Å². The quantitative estimate of drug-likeness (QED) is 0.432. The predicted molar refractivity (Wildman–Crippen MR) is 130 cm³/mol. The van der Waals surface area contributed by atoms with E-state index in [1.165, 1.54) is 7.11 Å². The summed E-state index contributed by atoms with van der Waals surface area (Å²) in [6.07, 6.45) is -0.187. The van der Waals surface area contributed by atoms with Crippen molar-refractivity contribution in [3.8, 4) is 0 Å². The number of hydrogen-bond acceptors (Lipinski definition) is 7. The van der Waals surface area contributed by atoms with Gasteiger partial charge in [0.2, 0.25) is 0 Å². The average Bonchev–Trinajstić information content (AvgIpc) is 3.33. The molecular formula is C26H28ClN3O5. The van der Waals surface area contributed by atoms with Gasteiger partial charge in [0.25, 0.3) is 5.91 Å². The number of amides is 1. The van der Waals surface area contributed by atoms with Gasteiger partial charge < -0.3 is 18.9 Å². The van der Waals surface area contributed by atoms with Crippen molar-refractivity contribution in [2.75, 3.05) is 39.8 Å². The van der Waals surface area contributed by atoms with Gasteiger partial charge in [-0.3, -0.25) is 9.69 Å². The molecule has 1 fully saturated rings. The molecule has 2 aromatic carbocycles. The van der Waals surface area contributed by atoms with Gasteiger partial charge in [-0.15, -0.1) is 0 Å². The van der Waals surface area contributed by atoms with Crippen LogP contribution < -0.4 is 0 Å². The summed E-state index contributed by atoms with van der Waals surface area (Å²) in [5, 5.41) is 4.51. The van der Waals surface area contributed by atoms with Crippen LogP contribution in [-0.4, -0.2) is 66.7 Å². The molecule has 1 aliphatic rings. The fraction of sp³-hybridized carbons (Fsp3) is 0.346. The number of piperazine rings is 1. The highest BCUT2D eigenvalue weighted by Crippen LogP contribution is 2.24. The van der Waals surface area contributed by atoms with Crippen LogP contribution in [0, 0.1) is 6.92 Å². The second-order valence-corrected chi connectivity index (χ2v) is 8.89. The van der Waals surface area contributed by atoms with E-state index >= 15 is 0 Å². The van der Waals surface area contributed by atoms with Crippen LogP contribution >= 0.6 is 11.6 Å². The lowest BCUT2D eigenvalue weighted by atomic mass is 10.1. The number of benzene rings is 2. The first-order valence-electron chi connectivity index (χ1n) is 11.4. The van der Waals surface area contributed by atoms with Gasteiger partial charge in [0.1, 0.15) is 5.76 Å². The third-order valence-electron chi connectivity index (χ3n) is 6.00. The number of carbonyl (C=O) groups is 2. The number of aromatic nitrogens is 1. The molecule has 0 saturated carbocycles. The Morgan fingerprint density at radius 1 is 1.06 bits per heavy atom. The van der Waals surface area contributed by atoms with E-state index in [-0.39, 0.29) is 18.0 Å². The highest BCUT2D eigenvalue weighted by molar-refractivity contribution is 6.30. The highest BCUT2D eigenvalue weighted by atomic mass is 35.5. The number of esters is 1. The molecule has 1 aromatic heterocycles. The summed E-state index contributed by atoms with van der Waals surface area (Å²) in [7, 11) is 1.36. The summed E-state index contributed by atoms with van der Waals surface area (Å²) in [6, 6.07) is 16.5. The molecule has 0 N–H and O–H groups in total.